The second kappa shape index (κ2) is 6.19. The SMILES string of the molecule is C[C@H]1CC[C@@H](O)[C@](C)(O)[C@]1(C)CCc1ccc2c(c1)C(=O)C=CC2=O. The van der Waals surface area contributed by atoms with Gasteiger partial charge in [-0.3, -0.25) is 9.59 Å². The predicted octanol–water partition coefficient (Wildman–Crippen LogP) is 3.10. The molecule has 1 saturated carbocycles. The number of rotatable bonds is 3. The summed E-state index contributed by atoms with van der Waals surface area (Å²) in [6, 6.07) is 5.39. The lowest BCUT2D eigenvalue weighted by Crippen LogP contribution is -2.59. The molecule has 0 saturated heterocycles. The van der Waals surface area contributed by atoms with Gasteiger partial charge in [0.1, 0.15) is 0 Å². The van der Waals surface area contributed by atoms with Gasteiger partial charge < -0.3 is 10.2 Å². The third-order valence-corrected chi connectivity index (χ3v) is 6.70. The predicted molar refractivity (Wildman–Crippen MR) is 95.7 cm³/mol. The molecule has 0 bridgehead atoms. The number of allylic oxidation sites excluding steroid dienone is 2. The number of hydrogen-bond donors (Lipinski definition) is 2. The van der Waals surface area contributed by atoms with E-state index >= 15 is 0 Å². The van der Waals surface area contributed by atoms with Gasteiger partial charge in [0.25, 0.3) is 0 Å². The van der Waals surface area contributed by atoms with Crippen molar-refractivity contribution in [2.45, 2.75) is 58.2 Å². The molecule has 134 valence electrons. The van der Waals surface area contributed by atoms with Crippen molar-refractivity contribution in [1.29, 1.82) is 0 Å². The van der Waals surface area contributed by atoms with Gasteiger partial charge >= 0.3 is 0 Å². The number of ketones is 2. The highest BCUT2D eigenvalue weighted by Crippen LogP contribution is 2.50. The number of aryl methyl sites for hydroxylation is 1. The zero-order chi connectivity index (χ0) is 18.4. The highest BCUT2D eigenvalue weighted by atomic mass is 16.3. The molecule has 0 amide bonds. The number of carbonyl (C=O) groups excluding carboxylic acids is 2. The summed E-state index contributed by atoms with van der Waals surface area (Å²) in [7, 11) is 0. The van der Waals surface area contributed by atoms with E-state index in [2.05, 4.69) is 6.92 Å². The molecule has 0 aromatic heterocycles. The van der Waals surface area contributed by atoms with Crippen LogP contribution >= 0.6 is 0 Å². The summed E-state index contributed by atoms with van der Waals surface area (Å²) in [6.07, 6.45) is 4.80. The van der Waals surface area contributed by atoms with Crippen molar-refractivity contribution in [3.8, 4) is 0 Å². The van der Waals surface area contributed by atoms with Crippen molar-refractivity contribution < 1.29 is 19.8 Å². The van der Waals surface area contributed by atoms with Crippen LogP contribution in [-0.2, 0) is 6.42 Å². The van der Waals surface area contributed by atoms with E-state index in [9.17, 15) is 19.8 Å². The average molecular weight is 342 g/mol. The van der Waals surface area contributed by atoms with Gasteiger partial charge in [-0.1, -0.05) is 26.0 Å². The van der Waals surface area contributed by atoms with Gasteiger partial charge in [0.2, 0.25) is 0 Å². The Balaban J connectivity index is 1.83. The maximum atomic E-state index is 12.0. The molecule has 0 heterocycles. The van der Waals surface area contributed by atoms with Gasteiger partial charge in [-0.2, -0.15) is 0 Å². The molecule has 25 heavy (non-hydrogen) atoms. The summed E-state index contributed by atoms with van der Waals surface area (Å²) in [5.41, 5.74) is 0.322. The fourth-order valence-corrected chi connectivity index (χ4v) is 4.29. The quantitative estimate of drug-likeness (QED) is 0.885. The first kappa shape index (κ1) is 18.0. The fraction of sp³-hybridized carbons (Fsp3) is 0.524. The van der Waals surface area contributed by atoms with Crippen LogP contribution in [0.1, 0.15) is 66.3 Å². The van der Waals surface area contributed by atoms with Crippen LogP contribution in [0.3, 0.4) is 0 Å². The normalized spacial score (nSPS) is 34.9. The van der Waals surface area contributed by atoms with E-state index in [-0.39, 0.29) is 17.5 Å². The molecular formula is C21H26O4. The Morgan fingerprint density at radius 1 is 1.08 bits per heavy atom. The van der Waals surface area contributed by atoms with Crippen LogP contribution in [0.25, 0.3) is 0 Å². The van der Waals surface area contributed by atoms with Gasteiger partial charge in [-0.15, -0.1) is 0 Å². The Morgan fingerprint density at radius 3 is 2.40 bits per heavy atom. The summed E-state index contributed by atoms with van der Waals surface area (Å²) in [5, 5.41) is 21.2. The first-order valence-corrected chi connectivity index (χ1v) is 8.97. The molecule has 0 spiro atoms. The topological polar surface area (TPSA) is 74.6 Å². The van der Waals surface area contributed by atoms with Crippen LogP contribution < -0.4 is 0 Å². The minimum absolute atomic E-state index is 0.139. The van der Waals surface area contributed by atoms with E-state index in [1.54, 1.807) is 19.1 Å². The minimum Gasteiger partial charge on any atom is -0.390 e. The van der Waals surface area contributed by atoms with Crippen molar-refractivity contribution in [3.63, 3.8) is 0 Å². The third-order valence-electron chi connectivity index (χ3n) is 6.70. The number of aliphatic hydroxyl groups is 2. The molecule has 1 aromatic carbocycles. The van der Waals surface area contributed by atoms with Crippen molar-refractivity contribution >= 4 is 11.6 Å². The Labute approximate surface area is 148 Å². The monoisotopic (exact) mass is 342 g/mol. The van der Waals surface area contributed by atoms with Crippen LogP contribution in [0.2, 0.25) is 0 Å². The van der Waals surface area contributed by atoms with Gasteiger partial charge in [0.05, 0.1) is 11.7 Å². The number of fused-ring (bicyclic) bond motifs is 1. The highest BCUT2D eigenvalue weighted by molar-refractivity contribution is 6.22. The molecule has 0 radical (unpaired) electrons. The lowest BCUT2D eigenvalue weighted by Gasteiger charge is -2.53. The third kappa shape index (κ3) is 2.87. The Kier molecular flexibility index (Phi) is 4.46. The molecular weight excluding hydrogens is 316 g/mol. The summed E-state index contributed by atoms with van der Waals surface area (Å²) in [5.74, 6) is 0.00542. The maximum Gasteiger partial charge on any atom is 0.186 e. The summed E-state index contributed by atoms with van der Waals surface area (Å²) < 4.78 is 0. The van der Waals surface area contributed by atoms with Crippen molar-refractivity contribution in [2.75, 3.05) is 0 Å². The number of hydrogen-bond acceptors (Lipinski definition) is 4. The molecule has 1 fully saturated rings. The van der Waals surface area contributed by atoms with Gasteiger partial charge in [0.15, 0.2) is 11.6 Å². The second-order valence-corrected chi connectivity index (χ2v) is 8.00. The van der Waals surface area contributed by atoms with Crippen LogP contribution in [0.15, 0.2) is 30.4 Å². The van der Waals surface area contributed by atoms with Crippen LogP contribution in [-0.4, -0.2) is 33.5 Å². The van der Waals surface area contributed by atoms with E-state index in [0.717, 1.165) is 12.0 Å². The van der Waals surface area contributed by atoms with Crippen molar-refractivity contribution in [2.24, 2.45) is 11.3 Å². The molecule has 1 aromatic rings. The first-order valence-electron chi connectivity index (χ1n) is 8.97. The zero-order valence-corrected chi connectivity index (χ0v) is 15.1. The highest BCUT2D eigenvalue weighted by Gasteiger charge is 2.53. The standard InChI is InChI=1S/C21H26O4/c1-13-4-9-19(24)21(3,25)20(13,2)11-10-14-5-6-15-16(12-14)18(23)8-7-17(15)22/h5-8,12-13,19,24-25H,4,9-11H2,1-3H3/t13-,19+,20+,21-/m0/s1. The maximum absolute atomic E-state index is 12.0. The van der Waals surface area contributed by atoms with Gasteiger partial charge in [0, 0.05) is 16.5 Å². The zero-order valence-electron chi connectivity index (χ0n) is 15.1. The Hall–Kier alpha value is -1.78. The molecule has 0 unspecified atom stereocenters. The Morgan fingerprint density at radius 2 is 1.72 bits per heavy atom. The molecule has 4 atom stereocenters. The Bertz CT molecular complexity index is 746. The summed E-state index contributed by atoms with van der Waals surface area (Å²) in [6.45, 7) is 5.89. The van der Waals surface area contributed by atoms with E-state index in [4.69, 9.17) is 0 Å². The summed E-state index contributed by atoms with van der Waals surface area (Å²) in [4.78, 5) is 23.9. The lowest BCUT2D eigenvalue weighted by molar-refractivity contribution is -0.189. The van der Waals surface area contributed by atoms with Gasteiger partial charge in [-0.05, 0) is 62.3 Å². The van der Waals surface area contributed by atoms with Crippen molar-refractivity contribution in [3.05, 3.63) is 47.0 Å². The summed E-state index contributed by atoms with van der Waals surface area (Å²) >= 11 is 0. The molecule has 2 aliphatic carbocycles. The number of benzene rings is 1. The van der Waals surface area contributed by atoms with E-state index in [0.29, 0.717) is 30.4 Å². The molecule has 2 aliphatic rings. The number of aliphatic hydroxyl groups excluding tert-OH is 1. The number of carbonyl (C=O) groups is 2. The smallest absolute Gasteiger partial charge is 0.186 e. The molecule has 2 N–H and O–H groups in total. The van der Waals surface area contributed by atoms with E-state index < -0.39 is 17.1 Å². The van der Waals surface area contributed by atoms with E-state index in [1.165, 1.54) is 12.2 Å². The van der Waals surface area contributed by atoms with Gasteiger partial charge in [-0.25, -0.2) is 0 Å². The van der Waals surface area contributed by atoms with Crippen LogP contribution in [0, 0.1) is 11.3 Å². The molecule has 4 heteroatoms. The van der Waals surface area contributed by atoms with E-state index in [1.807, 2.05) is 13.0 Å². The molecule has 3 rings (SSSR count). The average Bonchev–Trinajstić information content (AvgIpc) is 2.59. The largest absolute Gasteiger partial charge is 0.390 e. The minimum atomic E-state index is -1.15. The lowest BCUT2D eigenvalue weighted by atomic mass is 9.56. The van der Waals surface area contributed by atoms with Crippen LogP contribution in [0.5, 0.6) is 0 Å². The fourth-order valence-electron chi connectivity index (χ4n) is 4.29. The second-order valence-electron chi connectivity index (χ2n) is 8.00. The van der Waals surface area contributed by atoms with Crippen molar-refractivity contribution in [1.82, 2.24) is 0 Å². The first-order chi connectivity index (χ1) is 11.7. The molecule has 0 aliphatic heterocycles. The molecule has 4 nitrogen and oxygen atoms in total. The van der Waals surface area contributed by atoms with Crippen LogP contribution in [0.4, 0.5) is 0 Å².